The maximum Gasteiger partial charge on any atom is 0.297 e. The third-order valence-electron chi connectivity index (χ3n) is 7.02. The largest absolute Gasteiger partial charge is 0.505 e. The standard InChI is InChI=1S/C26H19N5O16S5/c27-22-21-12(10-19(50(39,40)41)23(22)30-28-15-5-1-2-6-18(15)49(36,37)38)11-20(51(42,43)44)24(25(21)32)31-29-16-9-8-13-14(26(16)52(45,46)47)4-3-7-17(13)48(33,34)35/h1-11,32H,27H2,(H,33,34,35)(H,36,37,38)(H,39,40,41)(H,42,43,44)(H,45,46,47). The SMILES string of the molecule is Nc1c(N=Nc2ccccc2S(=O)(=O)O)c(S(=O)(=O)O)cc2cc(S(=O)(=O)O)c(N=Nc3ccc4c(S(=O)(=O)O)cccc4c3S(=O)(=O)O)c(O)c12. The minimum atomic E-state index is -5.43. The Balaban J connectivity index is 1.83. The van der Waals surface area contributed by atoms with E-state index < -0.39 is 131 Å². The van der Waals surface area contributed by atoms with Crippen molar-refractivity contribution in [1.29, 1.82) is 0 Å². The molecule has 274 valence electrons. The van der Waals surface area contributed by atoms with Crippen LogP contribution >= 0.6 is 0 Å². The lowest BCUT2D eigenvalue weighted by atomic mass is 10.1. The van der Waals surface area contributed by atoms with E-state index in [2.05, 4.69) is 20.5 Å². The van der Waals surface area contributed by atoms with Crippen molar-refractivity contribution in [3.8, 4) is 5.75 Å². The number of hydrogen-bond donors (Lipinski definition) is 7. The lowest BCUT2D eigenvalue weighted by molar-refractivity contribution is 0.472. The number of anilines is 1. The van der Waals surface area contributed by atoms with E-state index in [1.165, 1.54) is 12.1 Å². The van der Waals surface area contributed by atoms with Crippen molar-refractivity contribution in [1.82, 2.24) is 0 Å². The minimum absolute atomic E-state index is 0.410. The Morgan fingerprint density at radius 2 is 0.981 bits per heavy atom. The number of nitrogens with zero attached hydrogens (tertiary/aromatic N) is 4. The zero-order valence-corrected chi connectivity index (χ0v) is 29.1. The smallest absolute Gasteiger partial charge is 0.297 e. The van der Waals surface area contributed by atoms with Gasteiger partial charge in [0, 0.05) is 10.8 Å². The average molecular weight is 818 g/mol. The fourth-order valence-electron chi connectivity index (χ4n) is 4.93. The molecule has 0 amide bonds. The van der Waals surface area contributed by atoms with Crippen molar-refractivity contribution in [3.63, 3.8) is 0 Å². The summed E-state index contributed by atoms with van der Waals surface area (Å²) in [7, 11) is -25.9. The minimum Gasteiger partial charge on any atom is -0.505 e. The molecule has 0 aromatic heterocycles. The molecule has 0 saturated carbocycles. The fraction of sp³-hybridized carbons (Fsp3) is 0. The molecule has 5 aromatic rings. The van der Waals surface area contributed by atoms with Crippen LogP contribution in [0.4, 0.5) is 28.4 Å². The Kier molecular flexibility index (Phi) is 9.46. The van der Waals surface area contributed by atoms with Crippen LogP contribution in [0.5, 0.6) is 5.75 Å². The highest BCUT2D eigenvalue weighted by Gasteiger charge is 2.29. The van der Waals surface area contributed by atoms with Crippen LogP contribution in [-0.2, 0) is 50.6 Å². The topological polar surface area (TPSA) is 368 Å². The van der Waals surface area contributed by atoms with E-state index >= 15 is 0 Å². The summed E-state index contributed by atoms with van der Waals surface area (Å²) in [5.74, 6) is -1.29. The van der Waals surface area contributed by atoms with Crippen LogP contribution in [-0.4, -0.2) is 70.0 Å². The van der Waals surface area contributed by atoms with Crippen molar-refractivity contribution in [2.75, 3.05) is 5.73 Å². The molecule has 5 aromatic carbocycles. The third kappa shape index (κ3) is 7.32. The van der Waals surface area contributed by atoms with Crippen LogP contribution in [0.2, 0.25) is 0 Å². The molecule has 21 nitrogen and oxygen atoms in total. The first kappa shape index (κ1) is 38.2. The van der Waals surface area contributed by atoms with Gasteiger partial charge in [0.05, 0.1) is 11.1 Å². The Labute approximate surface area is 292 Å². The molecular formula is C26H19N5O16S5. The number of hydrogen-bond acceptors (Lipinski definition) is 16. The predicted molar refractivity (Wildman–Crippen MR) is 178 cm³/mol. The van der Waals surface area contributed by atoms with Gasteiger partial charge in [-0.2, -0.15) is 42.1 Å². The summed E-state index contributed by atoms with van der Waals surface area (Å²) >= 11 is 0. The molecule has 0 radical (unpaired) electrons. The van der Waals surface area contributed by atoms with E-state index in [1.807, 2.05) is 0 Å². The number of nitrogen functional groups attached to an aromatic ring is 1. The second-order valence-electron chi connectivity index (χ2n) is 10.3. The maximum atomic E-state index is 12.4. The van der Waals surface area contributed by atoms with Gasteiger partial charge in [0.1, 0.15) is 47.2 Å². The second kappa shape index (κ2) is 12.9. The van der Waals surface area contributed by atoms with Gasteiger partial charge in [0.2, 0.25) is 0 Å². The highest BCUT2D eigenvalue weighted by Crippen LogP contribution is 2.49. The summed E-state index contributed by atoms with van der Waals surface area (Å²) in [5.41, 5.74) is 1.74. The van der Waals surface area contributed by atoms with Gasteiger partial charge in [-0.1, -0.05) is 30.3 Å². The van der Waals surface area contributed by atoms with Gasteiger partial charge in [-0.15, -0.1) is 20.5 Å². The summed E-state index contributed by atoms with van der Waals surface area (Å²) in [4.78, 5) is -5.12. The monoisotopic (exact) mass is 817 g/mol. The first-order valence-corrected chi connectivity index (χ1v) is 20.5. The molecule has 0 fully saturated rings. The summed E-state index contributed by atoms with van der Waals surface area (Å²) in [6, 6.07) is 10.1. The Bertz CT molecular complexity index is 3000. The number of phenolic OH excluding ortho intramolecular Hbond substituents is 1. The highest BCUT2D eigenvalue weighted by atomic mass is 32.2. The number of aromatic hydroxyl groups is 1. The normalized spacial score (nSPS) is 13.5. The molecule has 26 heteroatoms. The van der Waals surface area contributed by atoms with Gasteiger partial charge in [0.15, 0.2) is 5.75 Å². The summed E-state index contributed by atoms with van der Waals surface area (Å²) in [6.45, 7) is 0. The van der Waals surface area contributed by atoms with Crippen LogP contribution in [0.1, 0.15) is 0 Å². The molecule has 0 unspecified atom stereocenters. The molecule has 0 aliphatic heterocycles. The lowest BCUT2D eigenvalue weighted by Crippen LogP contribution is -2.04. The highest BCUT2D eigenvalue weighted by molar-refractivity contribution is 7.87. The van der Waals surface area contributed by atoms with Crippen LogP contribution in [0.3, 0.4) is 0 Å². The molecule has 0 heterocycles. The van der Waals surface area contributed by atoms with Gasteiger partial charge in [0.25, 0.3) is 50.6 Å². The molecule has 0 spiro atoms. The number of benzene rings is 5. The Morgan fingerprint density at radius 1 is 0.481 bits per heavy atom. The molecule has 5 rings (SSSR count). The summed E-state index contributed by atoms with van der Waals surface area (Å²) in [6.07, 6.45) is 0. The van der Waals surface area contributed by atoms with Gasteiger partial charge in [-0.05, 0) is 41.8 Å². The third-order valence-corrected chi connectivity index (χ3v) is 11.5. The van der Waals surface area contributed by atoms with E-state index in [-0.39, 0.29) is 0 Å². The van der Waals surface area contributed by atoms with E-state index in [1.54, 1.807) is 0 Å². The summed E-state index contributed by atoms with van der Waals surface area (Å²) in [5, 5.41) is 23.4. The Morgan fingerprint density at radius 3 is 1.54 bits per heavy atom. The van der Waals surface area contributed by atoms with Crippen molar-refractivity contribution in [2.24, 2.45) is 20.5 Å². The van der Waals surface area contributed by atoms with Crippen molar-refractivity contribution in [2.45, 2.75) is 24.5 Å². The van der Waals surface area contributed by atoms with Crippen LogP contribution in [0.15, 0.2) is 112 Å². The molecule has 0 aliphatic carbocycles. The zero-order chi connectivity index (χ0) is 38.8. The van der Waals surface area contributed by atoms with Crippen molar-refractivity contribution < 1.29 is 70.0 Å². The number of rotatable bonds is 9. The molecule has 0 atom stereocenters. The Hall–Kier alpha value is -5.03. The van der Waals surface area contributed by atoms with Gasteiger partial charge < -0.3 is 10.8 Å². The average Bonchev–Trinajstić information content (AvgIpc) is 3.00. The van der Waals surface area contributed by atoms with Crippen molar-refractivity contribution in [3.05, 3.63) is 66.7 Å². The molecule has 52 heavy (non-hydrogen) atoms. The predicted octanol–water partition coefficient (Wildman–Crippen LogP) is 4.35. The second-order valence-corrected chi connectivity index (χ2v) is 17.2. The van der Waals surface area contributed by atoms with E-state index in [4.69, 9.17) is 5.73 Å². The van der Waals surface area contributed by atoms with Gasteiger partial charge in [-0.25, -0.2) is 0 Å². The fourth-order valence-corrected chi connectivity index (χ4v) is 8.42. The lowest BCUT2D eigenvalue weighted by Gasteiger charge is -2.14. The van der Waals surface area contributed by atoms with Gasteiger partial charge in [-0.3, -0.25) is 22.8 Å². The molecule has 0 aliphatic rings. The molecule has 8 N–H and O–H groups in total. The molecule has 0 saturated heterocycles. The van der Waals surface area contributed by atoms with E-state index in [0.29, 0.717) is 12.1 Å². The first-order chi connectivity index (χ1) is 23.8. The van der Waals surface area contributed by atoms with Crippen LogP contribution in [0.25, 0.3) is 21.5 Å². The number of azo groups is 2. The van der Waals surface area contributed by atoms with E-state index in [0.717, 1.165) is 42.5 Å². The van der Waals surface area contributed by atoms with Crippen LogP contribution in [0, 0.1) is 0 Å². The summed E-state index contributed by atoms with van der Waals surface area (Å²) < 4.78 is 171. The molecule has 0 bridgehead atoms. The zero-order valence-electron chi connectivity index (χ0n) is 25.0. The van der Waals surface area contributed by atoms with Crippen LogP contribution < -0.4 is 5.73 Å². The number of fused-ring (bicyclic) bond motifs is 2. The maximum absolute atomic E-state index is 12.4. The van der Waals surface area contributed by atoms with E-state index in [9.17, 15) is 70.0 Å². The molecular weight excluding hydrogens is 799 g/mol. The first-order valence-electron chi connectivity index (χ1n) is 13.3. The van der Waals surface area contributed by atoms with Gasteiger partial charge >= 0.3 is 0 Å². The quantitative estimate of drug-likeness (QED) is 0.0617. The number of nitrogens with two attached hydrogens (primary N) is 1. The number of phenols is 1. The van der Waals surface area contributed by atoms with Crippen molar-refractivity contribution >= 4 is 101 Å².